The maximum absolute atomic E-state index is 14.7. The molecule has 1 N–H and O–H groups in total. The second-order valence-electron chi connectivity index (χ2n) is 8.62. The Morgan fingerprint density at radius 1 is 1.24 bits per heavy atom. The third-order valence-corrected chi connectivity index (χ3v) is 8.13. The van der Waals surface area contributed by atoms with Crippen LogP contribution in [0.25, 0.3) is 0 Å². The number of halogens is 1. The van der Waals surface area contributed by atoms with Crippen molar-refractivity contribution in [1.82, 2.24) is 4.98 Å². The fourth-order valence-corrected chi connectivity index (χ4v) is 6.13. The van der Waals surface area contributed by atoms with E-state index in [0.717, 1.165) is 31.5 Å². The molecule has 196 valence electrons. The third-order valence-electron chi connectivity index (χ3n) is 6.32. The maximum Gasteiger partial charge on any atom is 0.357 e. The number of nitrogens with zero attached hydrogens (tertiary/aromatic N) is 2. The van der Waals surface area contributed by atoms with Gasteiger partial charge < -0.3 is 19.4 Å². The van der Waals surface area contributed by atoms with Gasteiger partial charge in [-0.15, -0.1) is 11.3 Å². The Bertz CT molecular complexity index is 1290. The molecule has 0 bridgehead atoms. The fraction of sp³-hybridized carbons (Fsp3) is 0.370. The highest BCUT2D eigenvalue weighted by Crippen LogP contribution is 2.39. The van der Waals surface area contributed by atoms with Crippen molar-refractivity contribution in [3.05, 3.63) is 75.0 Å². The van der Waals surface area contributed by atoms with Crippen molar-refractivity contribution < 1.29 is 28.6 Å². The highest BCUT2D eigenvalue weighted by atomic mass is 32.2. The van der Waals surface area contributed by atoms with Crippen molar-refractivity contribution in [1.29, 1.82) is 0 Å². The molecule has 1 saturated heterocycles. The van der Waals surface area contributed by atoms with E-state index in [1.54, 1.807) is 26.3 Å². The summed E-state index contributed by atoms with van der Waals surface area (Å²) in [6, 6.07) is 10.8. The largest absolute Gasteiger partial charge is 0.461 e. The first kappa shape index (κ1) is 27.3. The van der Waals surface area contributed by atoms with Gasteiger partial charge in [0.05, 0.1) is 22.9 Å². The molecule has 0 saturated carbocycles. The number of rotatable bonds is 9. The first-order chi connectivity index (χ1) is 17.9. The Balaban J connectivity index is 1.63. The Labute approximate surface area is 223 Å². The van der Waals surface area contributed by atoms with Crippen LogP contribution in [0.5, 0.6) is 0 Å². The van der Waals surface area contributed by atoms with Crippen molar-refractivity contribution >= 4 is 34.8 Å². The molecule has 0 aliphatic carbocycles. The van der Waals surface area contributed by atoms with Crippen molar-refractivity contribution in [2.45, 2.75) is 48.5 Å². The van der Waals surface area contributed by atoms with Gasteiger partial charge in [-0.1, -0.05) is 23.0 Å². The van der Waals surface area contributed by atoms with Crippen molar-refractivity contribution in [3.63, 3.8) is 0 Å². The maximum atomic E-state index is 14.7. The minimum Gasteiger partial charge on any atom is -0.461 e. The first-order valence-electron chi connectivity index (χ1n) is 11.9. The summed E-state index contributed by atoms with van der Waals surface area (Å²) in [5.74, 6) is -0.778. The molecule has 1 aromatic heterocycles. The molecule has 0 radical (unpaired) electrons. The lowest BCUT2D eigenvalue weighted by atomic mass is 9.86. The summed E-state index contributed by atoms with van der Waals surface area (Å²) in [4.78, 5) is 18.1. The zero-order valence-corrected chi connectivity index (χ0v) is 22.6. The van der Waals surface area contributed by atoms with Crippen molar-refractivity contribution in [2.24, 2.45) is 5.16 Å². The van der Waals surface area contributed by atoms with E-state index in [4.69, 9.17) is 14.2 Å². The third kappa shape index (κ3) is 6.38. The molecule has 4 rings (SSSR count). The topological polar surface area (TPSA) is 90.2 Å². The number of benzene rings is 2. The summed E-state index contributed by atoms with van der Waals surface area (Å²) in [6.45, 7) is 4.88. The number of aromatic nitrogens is 1. The van der Waals surface area contributed by atoms with E-state index >= 15 is 0 Å². The Kier molecular flexibility index (Phi) is 8.96. The number of hydrogen-bond donors (Lipinski definition) is 1. The van der Waals surface area contributed by atoms with Gasteiger partial charge in [0, 0.05) is 60.3 Å². The van der Waals surface area contributed by atoms with Crippen LogP contribution in [0, 0.1) is 5.82 Å². The summed E-state index contributed by atoms with van der Waals surface area (Å²) in [5.41, 5.74) is 2.60. The summed E-state index contributed by atoms with van der Waals surface area (Å²) in [6.07, 6.45) is 1.76. The molecule has 1 aliphatic heterocycles. The number of esters is 1. The second kappa shape index (κ2) is 12.2. The van der Waals surface area contributed by atoms with Crippen LogP contribution in [0.3, 0.4) is 0 Å². The quantitative estimate of drug-likeness (QED) is 0.152. The molecular weight excluding hydrogens is 515 g/mol. The van der Waals surface area contributed by atoms with Gasteiger partial charge in [-0.05, 0) is 55.3 Å². The molecule has 3 aromatic rings. The minimum atomic E-state index is -0.569. The van der Waals surface area contributed by atoms with Crippen LogP contribution in [-0.4, -0.2) is 48.8 Å². The van der Waals surface area contributed by atoms with Crippen LogP contribution >= 0.6 is 23.1 Å². The normalized spacial score (nSPS) is 15.5. The van der Waals surface area contributed by atoms with E-state index in [-0.39, 0.29) is 18.1 Å². The molecule has 37 heavy (non-hydrogen) atoms. The Hall–Kier alpha value is -2.79. The molecule has 1 aliphatic rings. The van der Waals surface area contributed by atoms with Gasteiger partial charge in [0.1, 0.15) is 5.82 Å². The molecule has 0 atom stereocenters. The van der Waals surface area contributed by atoms with Gasteiger partial charge in [-0.25, -0.2) is 14.2 Å². The molecule has 0 amide bonds. The molecule has 2 heterocycles. The predicted molar refractivity (Wildman–Crippen MR) is 141 cm³/mol. The Morgan fingerprint density at radius 3 is 2.73 bits per heavy atom. The lowest BCUT2D eigenvalue weighted by Crippen LogP contribution is -2.35. The first-order valence-corrected chi connectivity index (χ1v) is 13.6. The molecule has 10 heteroatoms. The van der Waals surface area contributed by atoms with E-state index in [9.17, 15) is 14.4 Å². The average molecular weight is 545 g/mol. The van der Waals surface area contributed by atoms with E-state index < -0.39 is 11.6 Å². The zero-order valence-electron chi connectivity index (χ0n) is 21.0. The van der Waals surface area contributed by atoms with Gasteiger partial charge in [-0.3, -0.25) is 0 Å². The van der Waals surface area contributed by atoms with E-state index in [1.165, 1.54) is 35.2 Å². The van der Waals surface area contributed by atoms with Gasteiger partial charge in [0.15, 0.2) is 5.69 Å². The van der Waals surface area contributed by atoms with Crippen LogP contribution in [-0.2, 0) is 26.2 Å². The molecule has 7 nitrogen and oxygen atoms in total. The highest BCUT2D eigenvalue weighted by molar-refractivity contribution is 7.99. The van der Waals surface area contributed by atoms with Crippen LogP contribution < -0.4 is 0 Å². The lowest BCUT2D eigenvalue weighted by Gasteiger charge is -2.36. The van der Waals surface area contributed by atoms with Crippen molar-refractivity contribution in [3.8, 4) is 0 Å². The molecule has 0 unspecified atom stereocenters. The second-order valence-corrected chi connectivity index (χ2v) is 10.7. The molecular formula is C27H29FN2O5S2. The fourth-order valence-electron chi connectivity index (χ4n) is 4.37. The van der Waals surface area contributed by atoms with Gasteiger partial charge >= 0.3 is 5.97 Å². The smallest absolute Gasteiger partial charge is 0.357 e. The minimum absolute atomic E-state index is 0.272. The van der Waals surface area contributed by atoms with Crippen LogP contribution in [0.4, 0.5) is 4.39 Å². The van der Waals surface area contributed by atoms with E-state index in [2.05, 4.69) is 10.1 Å². The lowest BCUT2D eigenvalue weighted by molar-refractivity contribution is -0.0950. The summed E-state index contributed by atoms with van der Waals surface area (Å²) < 4.78 is 31.1. The molecule has 1 fully saturated rings. The number of thiazole rings is 1. The van der Waals surface area contributed by atoms with Gasteiger partial charge in [-0.2, -0.15) is 0 Å². The number of hydrogen-bond acceptors (Lipinski definition) is 9. The number of oxime groups is 1. The van der Waals surface area contributed by atoms with Crippen LogP contribution in [0.1, 0.15) is 58.9 Å². The molecule has 0 spiro atoms. The number of methoxy groups -OCH3 is 1. The summed E-state index contributed by atoms with van der Waals surface area (Å²) >= 11 is 2.80. The summed E-state index contributed by atoms with van der Waals surface area (Å²) in [5, 5.41) is 15.2. The van der Waals surface area contributed by atoms with Crippen LogP contribution in [0.15, 0.2) is 56.7 Å². The number of ether oxygens (including phenoxy) is 3. The van der Waals surface area contributed by atoms with Crippen molar-refractivity contribution in [2.75, 3.05) is 26.9 Å². The number of carbonyl (C=O) groups is 1. The van der Waals surface area contributed by atoms with E-state index in [0.29, 0.717) is 38.2 Å². The van der Waals surface area contributed by atoms with Gasteiger partial charge in [0.25, 0.3) is 0 Å². The predicted octanol–water partition coefficient (Wildman–Crippen LogP) is 6.05. The summed E-state index contributed by atoms with van der Waals surface area (Å²) in [7, 11) is 1.66. The standard InChI is InChI=1S/C27H29FN2O5S2/c1-4-35-26(31)24-16-36-25(29-24)12-18-11-21(5-6-23(18)17(2)30-32)37-22-14-19(13-20(28)15-22)27(33-3)7-9-34-10-8-27/h5-6,11,13-16,32H,4,7-10,12H2,1-3H3/b30-17+. The average Bonchev–Trinajstić information content (AvgIpc) is 3.37. The number of carbonyl (C=O) groups excluding carboxylic acids is 1. The zero-order chi connectivity index (χ0) is 26.4. The van der Waals surface area contributed by atoms with Gasteiger partial charge in [0.2, 0.25) is 0 Å². The Morgan fingerprint density at radius 2 is 2.03 bits per heavy atom. The molecule has 2 aromatic carbocycles. The highest BCUT2D eigenvalue weighted by Gasteiger charge is 2.35. The van der Waals surface area contributed by atoms with E-state index in [1.807, 2.05) is 24.3 Å². The SMILES string of the molecule is CCOC(=O)c1csc(Cc2cc(Sc3cc(F)cc(C4(OC)CCOCC4)c3)ccc2/C(C)=N/O)n1. The van der Waals surface area contributed by atoms with Crippen LogP contribution in [0.2, 0.25) is 0 Å². The monoisotopic (exact) mass is 544 g/mol.